The first-order valence-electron chi connectivity index (χ1n) is 5.89. The Balaban J connectivity index is 2.27. The van der Waals surface area contributed by atoms with Crippen molar-refractivity contribution in [1.29, 1.82) is 0 Å². The fourth-order valence-corrected chi connectivity index (χ4v) is 2.37. The number of fused-ring (bicyclic) bond motifs is 1. The molecule has 5 heteroatoms. The summed E-state index contributed by atoms with van der Waals surface area (Å²) in [6.07, 6.45) is 1.99. The van der Waals surface area contributed by atoms with E-state index in [0.29, 0.717) is 0 Å². The highest BCUT2D eigenvalue weighted by molar-refractivity contribution is 5.96. The molecule has 0 spiro atoms. The molecule has 0 fully saturated rings. The van der Waals surface area contributed by atoms with Crippen molar-refractivity contribution in [3.63, 3.8) is 0 Å². The standard InChI is InChI=1S/C14H13N3O2/c1-16-8-10(9-5-3-4-6-12(9)16)13-7-11(14(18)19)15-17(13)2/h3-8H,1-2H3,(H,18,19). The van der Waals surface area contributed by atoms with E-state index in [1.807, 2.05) is 42.1 Å². The van der Waals surface area contributed by atoms with Gasteiger partial charge >= 0.3 is 5.97 Å². The van der Waals surface area contributed by atoms with Gasteiger partial charge in [0.2, 0.25) is 0 Å². The Hall–Kier alpha value is -2.56. The summed E-state index contributed by atoms with van der Waals surface area (Å²) >= 11 is 0. The normalized spacial score (nSPS) is 11.1. The van der Waals surface area contributed by atoms with Gasteiger partial charge in [-0.15, -0.1) is 0 Å². The molecule has 3 aromatic rings. The molecule has 0 saturated carbocycles. The predicted octanol–water partition coefficient (Wildman–Crippen LogP) is 2.28. The van der Waals surface area contributed by atoms with Crippen molar-refractivity contribution in [2.45, 2.75) is 0 Å². The number of carboxylic acids is 1. The summed E-state index contributed by atoms with van der Waals surface area (Å²) in [6.45, 7) is 0. The number of nitrogens with zero attached hydrogens (tertiary/aromatic N) is 3. The van der Waals surface area contributed by atoms with Gasteiger partial charge in [0.1, 0.15) is 0 Å². The van der Waals surface area contributed by atoms with Gasteiger partial charge in [-0.1, -0.05) is 18.2 Å². The molecule has 2 heterocycles. The van der Waals surface area contributed by atoms with E-state index in [2.05, 4.69) is 5.10 Å². The van der Waals surface area contributed by atoms with Crippen molar-refractivity contribution in [3.8, 4) is 11.3 Å². The molecule has 0 bridgehead atoms. The van der Waals surface area contributed by atoms with Crippen LogP contribution in [-0.2, 0) is 14.1 Å². The molecule has 5 nitrogen and oxygen atoms in total. The Morgan fingerprint density at radius 1 is 1.26 bits per heavy atom. The summed E-state index contributed by atoms with van der Waals surface area (Å²) in [4.78, 5) is 11.0. The molecular weight excluding hydrogens is 242 g/mol. The molecule has 96 valence electrons. The molecular formula is C14H13N3O2. The minimum atomic E-state index is -1.01. The lowest BCUT2D eigenvalue weighted by Crippen LogP contribution is -1.99. The fraction of sp³-hybridized carbons (Fsp3) is 0.143. The van der Waals surface area contributed by atoms with Crippen molar-refractivity contribution < 1.29 is 9.90 Å². The summed E-state index contributed by atoms with van der Waals surface area (Å²) in [6, 6.07) is 9.62. The van der Waals surface area contributed by atoms with E-state index in [4.69, 9.17) is 5.11 Å². The van der Waals surface area contributed by atoms with E-state index in [9.17, 15) is 4.79 Å². The van der Waals surface area contributed by atoms with E-state index < -0.39 is 5.97 Å². The summed E-state index contributed by atoms with van der Waals surface area (Å²) in [5, 5.41) is 14.1. The third-order valence-electron chi connectivity index (χ3n) is 3.27. The summed E-state index contributed by atoms with van der Waals surface area (Å²) in [7, 11) is 3.73. The zero-order chi connectivity index (χ0) is 13.6. The molecule has 0 aliphatic heterocycles. The van der Waals surface area contributed by atoms with E-state index in [0.717, 1.165) is 22.2 Å². The number of hydrogen-bond donors (Lipinski definition) is 1. The smallest absolute Gasteiger partial charge is 0.356 e. The zero-order valence-electron chi connectivity index (χ0n) is 10.7. The van der Waals surface area contributed by atoms with Crippen LogP contribution in [0.2, 0.25) is 0 Å². The minimum absolute atomic E-state index is 0.0606. The minimum Gasteiger partial charge on any atom is -0.476 e. The molecule has 0 saturated heterocycles. The Labute approximate surface area is 109 Å². The Morgan fingerprint density at radius 3 is 2.68 bits per heavy atom. The summed E-state index contributed by atoms with van der Waals surface area (Å²) in [5.41, 5.74) is 2.95. The maximum Gasteiger partial charge on any atom is 0.356 e. The Bertz CT molecular complexity index is 783. The number of aromatic carboxylic acids is 1. The highest BCUT2D eigenvalue weighted by Gasteiger charge is 2.16. The van der Waals surface area contributed by atoms with Crippen LogP contribution < -0.4 is 0 Å². The summed E-state index contributed by atoms with van der Waals surface area (Å²) < 4.78 is 3.63. The second kappa shape index (κ2) is 3.98. The van der Waals surface area contributed by atoms with Crippen molar-refractivity contribution in [2.75, 3.05) is 0 Å². The van der Waals surface area contributed by atoms with Gasteiger partial charge in [-0.25, -0.2) is 4.79 Å². The van der Waals surface area contributed by atoms with Crippen LogP contribution in [0.1, 0.15) is 10.5 Å². The molecule has 0 aliphatic rings. The molecule has 0 unspecified atom stereocenters. The van der Waals surface area contributed by atoms with E-state index in [1.165, 1.54) is 0 Å². The monoisotopic (exact) mass is 255 g/mol. The topological polar surface area (TPSA) is 60.1 Å². The van der Waals surface area contributed by atoms with Gasteiger partial charge in [0.25, 0.3) is 0 Å². The number of aryl methyl sites for hydroxylation is 2. The molecule has 0 amide bonds. The molecule has 0 aliphatic carbocycles. The van der Waals surface area contributed by atoms with Crippen molar-refractivity contribution in [1.82, 2.24) is 14.3 Å². The van der Waals surface area contributed by atoms with Crippen LogP contribution in [0.3, 0.4) is 0 Å². The average molecular weight is 255 g/mol. The van der Waals surface area contributed by atoms with Gasteiger partial charge in [0.05, 0.1) is 5.69 Å². The number of rotatable bonds is 2. The Kier molecular flexibility index (Phi) is 2.41. The third kappa shape index (κ3) is 1.71. The second-order valence-electron chi connectivity index (χ2n) is 4.51. The van der Waals surface area contributed by atoms with Crippen LogP contribution in [0.15, 0.2) is 36.5 Å². The molecule has 2 aromatic heterocycles. The maximum absolute atomic E-state index is 11.0. The fourth-order valence-electron chi connectivity index (χ4n) is 2.37. The molecule has 3 rings (SSSR count). The molecule has 0 atom stereocenters. The largest absolute Gasteiger partial charge is 0.476 e. The highest BCUT2D eigenvalue weighted by atomic mass is 16.4. The second-order valence-corrected chi connectivity index (χ2v) is 4.51. The first-order chi connectivity index (χ1) is 9.08. The van der Waals surface area contributed by atoms with Crippen molar-refractivity contribution >= 4 is 16.9 Å². The van der Waals surface area contributed by atoms with Gasteiger partial charge in [-0.2, -0.15) is 5.10 Å². The predicted molar refractivity (Wildman–Crippen MR) is 72.1 cm³/mol. The Morgan fingerprint density at radius 2 is 2.00 bits per heavy atom. The van der Waals surface area contributed by atoms with Crippen molar-refractivity contribution in [3.05, 3.63) is 42.2 Å². The number of benzene rings is 1. The van der Waals surface area contributed by atoms with Crippen LogP contribution in [0, 0.1) is 0 Å². The van der Waals surface area contributed by atoms with Gasteiger partial charge < -0.3 is 9.67 Å². The average Bonchev–Trinajstić information content (AvgIpc) is 2.92. The van der Waals surface area contributed by atoms with Gasteiger partial charge in [-0.05, 0) is 12.1 Å². The highest BCUT2D eigenvalue weighted by Crippen LogP contribution is 2.30. The van der Waals surface area contributed by atoms with Crippen LogP contribution in [0.5, 0.6) is 0 Å². The molecule has 0 radical (unpaired) electrons. The quantitative estimate of drug-likeness (QED) is 0.764. The van der Waals surface area contributed by atoms with Crippen LogP contribution in [-0.4, -0.2) is 25.4 Å². The van der Waals surface area contributed by atoms with Crippen LogP contribution >= 0.6 is 0 Å². The maximum atomic E-state index is 11.0. The molecule has 1 N–H and O–H groups in total. The van der Waals surface area contributed by atoms with Crippen LogP contribution in [0.25, 0.3) is 22.2 Å². The van der Waals surface area contributed by atoms with Crippen molar-refractivity contribution in [2.24, 2.45) is 14.1 Å². The number of aromatic nitrogens is 3. The number of carboxylic acid groups (broad SMARTS) is 1. The third-order valence-corrected chi connectivity index (χ3v) is 3.27. The molecule has 19 heavy (non-hydrogen) atoms. The first-order valence-corrected chi connectivity index (χ1v) is 5.89. The van der Waals surface area contributed by atoms with E-state index >= 15 is 0 Å². The van der Waals surface area contributed by atoms with E-state index in [-0.39, 0.29) is 5.69 Å². The molecule has 1 aromatic carbocycles. The van der Waals surface area contributed by atoms with Gasteiger partial charge in [-0.3, -0.25) is 4.68 Å². The zero-order valence-corrected chi connectivity index (χ0v) is 10.7. The summed E-state index contributed by atoms with van der Waals surface area (Å²) in [5.74, 6) is -1.01. The van der Waals surface area contributed by atoms with E-state index in [1.54, 1.807) is 17.8 Å². The SMILES string of the molecule is Cn1nc(C(=O)O)cc1-c1cn(C)c2ccccc12. The lowest BCUT2D eigenvalue weighted by atomic mass is 10.1. The lowest BCUT2D eigenvalue weighted by molar-refractivity contribution is 0.0689. The van der Waals surface area contributed by atoms with Gasteiger partial charge in [0, 0.05) is 36.8 Å². The number of hydrogen-bond acceptors (Lipinski definition) is 2. The first kappa shape index (κ1) is 11.5. The van der Waals surface area contributed by atoms with Gasteiger partial charge in [0.15, 0.2) is 5.69 Å². The lowest BCUT2D eigenvalue weighted by Gasteiger charge is -1.99. The van der Waals surface area contributed by atoms with Crippen LogP contribution in [0.4, 0.5) is 0 Å². The number of para-hydroxylation sites is 1. The number of carbonyl (C=O) groups is 1.